The summed E-state index contributed by atoms with van der Waals surface area (Å²) < 4.78 is 32.5. The van der Waals surface area contributed by atoms with E-state index in [0.717, 1.165) is 77.0 Å². The number of allylic oxidation sites excluding steroid dienone is 14. The molecule has 5 N–H and O–H groups in total. The molecule has 3 atom stereocenters. The number of carbonyl (C=O) groups excluding carboxylic acids is 2. The number of aliphatic carboxylic acids is 1. The van der Waals surface area contributed by atoms with Crippen molar-refractivity contribution in [3.8, 4) is 0 Å². The maximum atomic E-state index is 12.6. The number of hydrogen-bond acceptors (Lipinski definition) is 10. The van der Waals surface area contributed by atoms with Gasteiger partial charge >= 0.3 is 25.7 Å². The molecular weight excluding hydrogens is 749 g/mol. The zero-order chi connectivity index (χ0) is 42.1. The zero-order valence-electron chi connectivity index (χ0n) is 34.3. The first-order valence-corrected chi connectivity index (χ1v) is 22.2. The molecule has 0 bridgehead atoms. The van der Waals surface area contributed by atoms with Crippen LogP contribution in [0.2, 0.25) is 0 Å². The molecule has 57 heavy (non-hydrogen) atoms. The van der Waals surface area contributed by atoms with Gasteiger partial charge in [-0.25, -0.2) is 4.57 Å². The molecular formula is C44H72NO11P. The van der Waals surface area contributed by atoms with Crippen molar-refractivity contribution in [1.82, 2.24) is 0 Å². The Morgan fingerprint density at radius 1 is 0.579 bits per heavy atom. The monoisotopic (exact) mass is 821 g/mol. The Morgan fingerprint density at radius 2 is 1.02 bits per heavy atom. The summed E-state index contributed by atoms with van der Waals surface area (Å²) in [6.45, 7) is 0.655. The lowest BCUT2D eigenvalue weighted by molar-refractivity contribution is -0.161. The van der Waals surface area contributed by atoms with Gasteiger partial charge in [0.15, 0.2) is 6.10 Å². The fourth-order valence-electron chi connectivity index (χ4n) is 4.86. The van der Waals surface area contributed by atoms with Gasteiger partial charge in [-0.1, -0.05) is 111 Å². The van der Waals surface area contributed by atoms with E-state index in [1.54, 1.807) is 0 Å². The van der Waals surface area contributed by atoms with Gasteiger partial charge in [0.05, 0.1) is 13.2 Å². The molecule has 0 amide bonds. The molecule has 0 radical (unpaired) electrons. The summed E-state index contributed by atoms with van der Waals surface area (Å²) in [5.74, 6) is -2.53. The van der Waals surface area contributed by atoms with Crippen LogP contribution in [-0.2, 0) is 37.5 Å². The molecule has 0 heterocycles. The fourth-order valence-corrected chi connectivity index (χ4v) is 5.64. The van der Waals surface area contributed by atoms with Crippen LogP contribution in [0.5, 0.6) is 0 Å². The number of carbonyl (C=O) groups is 3. The van der Waals surface area contributed by atoms with Crippen molar-refractivity contribution < 1.29 is 52.6 Å². The van der Waals surface area contributed by atoms with E-state index >= 15 is 0 Å². The number of carboxylic acids is 1. The topological polar surface area (TPSA) is 192 Å². The second-order valence-corrected chi connectivity index (χ2v) is 14.9. The molecule has 0 saturated heterocycles. The van der Waals surface area contributed by atoms with Crippen molar-refractivity contribution in [2.45, 2.75) is 147 Å². The average molecular weight is 822 g/mol. The molecule has 0 aromatic heterocycles. The maximum Gasteiger partial charge on any atom is 0.472 e. The van der Waals surface area contributed by atoms with Crippen LogP contribution in [0.15, 0.2) is 85.1 Å². The molecule has 324 valence electrons. The number of unbranched alkanes of at least 4 members (excludes halogenated alkanes) is 9. The van der Waals surface area contributed by atoms with Gasteiger partial charge < -0.3 is 30.3 Å². The average Bonchev–Trinajstić information content (AvgIpc) is 3.19. The number of hydrogen-bond donors (Lipinski definition) is 4. The smallest absolute Gasteiger partial charge is 0.472 e. The summed E-state index contributed by atoms with van der Waals surface area (Å²) in [6, 6.07) is -1.54. The molecule has 0 aromatic rings. The number of ether oxygens (including phenoxy) is 2. The van der Waals surface area contributed by atoms with Gasteiger partial charge in [-0.2, -0.15) is 0 Å². The highest BCUT2D eigenvalue weighted by molar-refractivity contribution is 7.47. The van der Waals surface area contributed by atoms with E-state index in [9.17, 15) is 23.8 Å². The van der Waals surface area contributed by atoms with Crippen LogP contribution in [-0.4, -0.2) is 71.6 Å². The summed E-state index contributed by atoms with van der Waals surface area (Å²) in [7, 11) is -4.75. The summed E-state index contributed by atoms with van der Waals surface area (Å²) in [4.78, 5) is 45.8. The summed E-state index contributed by atoms with van der Waals surface area (Å²) in [6.07, 6.45) is 45.3. The Labute approximate surface area is 342 Å². The van der Waals surface area contributed by atoms with Gasteiger partial charge in [0.1, 0.15) is 12.6 Å². The summed E-state index contributed by atoms with van der Waals surface area (Å²) in [5, 5.41) is 17.7. The minimum atomic E-state index is -4.75. The first-order valence-electron chi connectivity index (χ1n) is 20.7. The molecule has 0 fully saturated rings. The molecule has 0 aliphatic carbocycles. The zero-order valence-corrected chi connectivity index (χ0v) is 35.2. The molecule has 0 spiro atoms. The largest absolute Gasteiger partial charge is 0.480 e. The van der Waals surface area contributed by atoms with E-state index in [1.807, 2.05) is 12.2 Å². The first-order chi connectivity index (χ1) is 27.6. The van der Waals surface area contributed by atoms with Gasteiger partial charge in [0, 0.05) is 19.4 Å². The van der Waals surface area contributed by atoms with E-state index in [-0.39, 0.29) is 19.4 Å². The Kier molecular flexibility index (Phi) is 37.1. The van der Waals surface area contributed by atoms with Crippen LogP contribution in [0.3, 0.4) is 0 Å². The van der Waals surface area contributed by atoms with Gasteiger partial charge in [-0.15, -0.1) is 0 Å². The second-order valence-electron chi connectivity index (χ2n) is 13.5. The highest BCUT2D eigenvalue weighted by Gasteiger charge is 2.28. The molecule has 0 aromatic carbocycles. The maximum absolute atomic E-state index is 12.6. The first kappa shape index (κ1) is 53.6. The standard InChI is InChI=1S/C44H72NO11P/c1-2-3-4-5-6-7-8-9-13-17-20-23-26-29-32-35-43(48)56-40(38-54-57(51,52)55-39-41(45)44(49)50)37-53-42(47)34-31-28-25-22-19-16-14-11-10-12-15-18-21-24-27-30-33-36-46/h6-7,9-10,12-14,16,18,20-23,25,40-41,46H,2-5,8,11,15,17,19,24,26-39,45H2,1H3,(H,49,50)(H,51,52)/b7-6-,12-10-,13-9-,16-14-,21-18-,23-20-,25-22-/t40-,41+/m1/s1. The third kappa shape index (κ3) is 39.2. The van der Waals surface area contributed by atoms with E-state index < -0.39 is 57.7 Å². The van der Waals surface area contributed by atoms with Crippen molar-refractivity contribution in [2.24, 2.45) is 5.73 Å². The molecule has 0 saturated carbocycles. The summed E-state index contributed by atoms with van der Waals surface area (Å²) >= 11 is 0. The lowest BCUT2D eigenvalue weighted by atomic mass is 10.1. The van der Waals surface area contributed by atoms with Crippen molar-refractivity contribution in [2.75, 3.05) is 26.4 Å². The number of rotatable bonds is 38. The number of aliphatic hydroxyl groups excluding tert-OH is 1. The van der Waals surface area contributed by atoms with Gasteiger partial charge in [-0.05, 0) is 96.3 Å². The molecule has 0 aliphatic rings. The third-order valence-corrected chi connectivity index (χ3v) is 9.12. The van der Waals surface area contributed by atoms with E-state index in [4.69, 9.17) is 29.9 Å². The highest BCUT2D eigenvalue weighted by atomic mass is 31.2. The van der Waals surface area contributed by atoms with Gasteiger partial charge in [-0.3, -0.25) is 23.4 Å². The van der Waals surface area contributed by atoms with E-state index in [0.29, 0.717) is 19.3 Å². The minimum Gasteiger partial charge on any atom is -0.480 e. The lowest BCUT2D eigenvalue weighted by Crippen LogP contribution is -2.34. The quantitative estimate of drug-likeness (QED) is 0.0200. The number of nitrogens with two attached hydrogens (primary N) is 1. The summed E-state index contributed by atoms with van der Waals surface area (Å²) in [5.41, 5.74) is 5.32. The van der Waals surface area contributed by atoms with Gasteiger partial charge in [0.25, 0.3) is 0 Å². The van der Waals surface area contributed by atoms with Crippen molar-refractivity contribution in [3.63, 3.8) is 0 Å². The van der Waals surface area contributed by atoms with Gasteiger partial charge in [0.2, 0.25) is 0 Å². The van der Waals surface area contributed by atoms with Crippen molar-refractivity contribution in [1.29, 1.82) is 0 Å². The number of esters is 2. The van der Waals surface area contributed by atoms with E-state index in [1.165, 1.54) is 19.3 Å². The molecule has 0 rings (SSSR count). The van der Waals surface area contributed by atoms with Crippen LogP contribution in [0, 0.1) is 0 Å². The molecule has 1 unspecified atom stereocenters. The Hall–Kier alpha value is -3.38. The third-order valence-electron chi connectivity index (χ3n) is 8.17. The van der Waals surface area contributed by atoms with Crippen LogP contribution in [0.4, 0.5) is 0 Å². The lowest BCUT2D eigenvalue weighted by Gasteiger charge is -2.20. The number of phosphoric acid groups is 1. The van der Waals surface area contributed by atoms with Crippen LogP contribution in [0.25, 0.3) is 0 Å². The van der Waals surface area contributed by atoms with E-state index in [2.05, 4.69) is 84.4 Å². The number of carboxylic acid groups (broad SMARTS) is 1. The van der Waals surface area contributed by atoms with Crippen LogP contribution < -0.4 is 5.73 Å². The predicted molar refractivity (Wildman–Crippen MR) is 227 cm³/mol. The van der Waals surface area contributed by atoms with Crippen LogP contribution >= 0.6 is 7.82 Å². The predicted octanol–water partition coefficient (Wildman–Crippen LogP) is 9.69. The SMILES string of the molecule is CCCCC/C=C\C/C=C\C/C=C\CCCCC(=O)O[C@H](COC(=O)CCC/C=C\C/C=C\C/C=C\C/C=C\CCCCCO)COP(=O)(O)OC[C@H](N)C(=O)O. The normalized spacial score (nSPS) is 14.6. The highest BCUT2D eigenvalue weighted by Crippen LogP contribution is 2.43. The molecule has 0 aliphatic heterocycles. The number of aliphatic hydroxyl groups is 1. The molecule has 12 nitrogen and oxygen atoms in total. The Balaban J connectivity index is 4.56. The number of phosphoric ester groups is 1. The second kappa shape index (κ2) is 39.4. The Bertz CT molecular complexity index is 1290. The Morgan fingerprint density at radius 3 is 1.51 bits per heavy atom. The fraction of sp³-hybridized carbons (Fsp3) is 0.614. The van der Waals surface area contributed by atoms with Crippen LogP contribution in [0.1, 0.15) is 135 Å². The minimum absolute atomic E-state index is 0.0904. The van der Waals surface area contributed by atoms with Crippen molar-refractivity contribution in [3.05, 3.63) is 85.1 Å². The molecule has 13 heteroatoms. The van der Waals surface area contributed by atoms with Crippen molar-refractivity contribution >= 4 is 25.7 Å².